The van der Waals surface area contributed by atoms with Gasteiger partial charge < -0.3 is 9.80 Å². The van der Waals surface area contributed by atoms with Crippen molar-refractivity contribution in [1.82, 2.24) is 19.4 Å². The molecule has 7 heteroatoms. The van der Waals surface area contributed by atoms with Crippen LogP contribution in [0.5, 0.6) is 0 Å². The maximum Gasteiger partial charge on any atom is 0.261 e. The number of benzene rings is 1. The number of likely N-dealkylation sites (tertiary alicyclic amines) is 1. The number of rotatable bonds is 2. The van der Waals surface area contributed by atoms with E-state index in [9.17, 15) is 14.4 Å². The summed E-state index contributed by atoms with van der Waals surface area (Å²) in [5.74, 6) is 0.835. The molecule has 0 aliphatic carbocycles. The molecule has 1 aromatic heterocycles. The summed E-state index contributed by atoms with van der Waals surface area (Å²) < 4.78 is 1.76. The number of para-hydroxylation sites is 1. The van der Waals surface area contributed by atoms with E-state index in [-0.39, 0.29) is 29.5 Å². The number of nitrogens with zero attached hydrogens (tertiary/aromatic N) is 4. The van der Waals surface area contributed by atoms with E-state index >= 15 is 0 Å². The van der Waals surface area contributed by atoms with Crippen LogP contribution in [0.25, 0.3) is 10.9 Å². The zero-order valence-corrected chi connectivity index (χ0v) is 16.0. The summed E-state index contributed by atoms with van der Waals surface area (Å²) in [6, 6.07) is 7.00. The highest BCUT2D eigenvalue weighted by molar-refractivity contribution is 5.89. The van der Waals surface area contributed by atoms with Crippen molar-refractivity contribution in [2.24, 2.45) is 0 Å². The summed E-state index contributed by atoms with van der Waals surface area (Å²) >= 11 is 0. The maximum atomic E-state index is 13.3. The van der Waals surface area contributed by atoms with Crippen molar-refractivity contribution in [3.63, 3.8) is 0 Å². The summed E-state index contributed by atoms with van der Waals surface area (Å²) in [6.07, 6.45) is 3.74. The van der Waals surface area contributed by atoms with Crippen LogP contribution < -0.4 is 5.56 Å². The second-order valence-corrected chi connectivity index (χ2v) is 8.16. The van der Waals surface area contributed by atoms with E-state index in [0.717, 1.165) is 25.1 Å². The smallest absolute Gasteiger partial charge is 0.261 e. The molecule has 4 heterocycles. The third-order valence-corrected chi connectivity index (χ3v) is 6.56. The average Bonchev–Trinajstić information content (AvgIpc) is 3.24. The van der Waals surface area contributed by atoms with E-state index < -0.39 is 6.04 Å². The van der Waals surface area contributed by atoms with Gasteiger partial charge in [0.15, 0.2) is 0 Å². The zero-order chi connectivity index (χ0) is 19.4. The van der Waals surface area contributed by atoms with Crippen LogP contribution in [0, 0.1) is 0 Å². The Hall–Kier alpha value is -2.70. The molecule has 2 fully saturated rings. The summed E-state index contributed by atoms with van der Waals surface area (Å²) in [6.45, 7) is 2.97. The molecule has 2 bridgehead atoms. The Balaban J connectivity index is 1.50. The van der Waals surface area contributed by atoms with Crippen LogP contribution >= 0.6 is 0 Å². The predicted molar refractivity (Wildman–Crippen MR) is 104 cm³/mol. The lowest BCUT2D eigenvalue weighted by Gasteiger charge is -2.33. The highest BCUT2D eigenvalue weighted by Gasteiger charge is 2.43. The molecular formula is C21H24N4O3. The van der Waals surface area contributed by atoms with Crippen LogP contribution in [0.2, 0.25) is 0 Å². The third kappa shape index (κ3) is 2.56. The summed E-state index contributed by atoms with van der Waals surface area (Å²) in [7, 11) is 0. The van der Waals surface area contributed by atoms with Gasteiger partial charge in [-0.1, -0.05) is 12.1 Å². The lowest BCUT2D eigenvalue weighted by atomic mass is 10.1. The second-order valence-electron chi connectivity index (χ2n) is 8.16. The second kappa shape index (κ2) is 6.43. The number of hydrogen-bond acceptors (Lipinski definition) is 4. The molecule has 0 radical (unpaired) electrons. The van der Waals surface area contributed by atoms with Gasteiger partial charge in [-0.2, -0.15) is 0 Å². The van der Waals surface area contributed by atoms with Gasteiger partial charge in [0.25, 0.3) is 5.56 Å². The molecule has 2 amide bonds. The van der Waals surface area contributed by atoms with Crippen molar-refractivity contribution in [2.75, 3.05) is 6.54 Å². The van der Waals surface area contributed by atoms with Crippen LogP contribution in [-0.2, 0) is 22.6 Å². The third-order valence-electron chi connectivity index (χ3n) is 6.56. The largest absolute Gasteiger partial charge is 0.333 e. The molecule has 28 heavy (non-hydrogen) atoms. The first-order valence-corrected chi connectivity index (χ1v) is 10.1. The molecule has 0 N–H and O–H groups in total. The molecular weight excluding hydrogens is 356 g/mol. The van der Waals surface area contributed by atoms with Gasteiger partial charge in [0.05, 0.1) is 16.9 Å². The van der Waals surface area contributed by atoms with Gasteiger partial charge in [0, 0.05) is 32.0 Å². The van der Waals surface area contributed by atoms with Gasteiger partial charge in [0.1, 0.15) is 11.9 Å². The molecule has 2 aromatic rings. The van der Waals surface area contributed by atoms with E-state index in [1.165, 1.54) is 0 Å². The van der Waals surface area contributed by atoms with Gasteiger partial charge >= 0.3 is 0 Å². The number of amides is 2. The fraction of sp³-hybridized carbons (Fsp3) is 0.524. The van der Waals surface area contributed by atoms with Crippen LogP contribution in [-0.4, -0.2) is 55.8 Å². The van der Waals surface area contributed by atoms with Crippen LogP contribution in [0.1, 0.15) is 38.4 Å². The Morgan fingerprint density at radius 1 is 1.18 bits per heavy atom. The van der Waals surface area contributed by atoms with Gasteiger partial charge in [-0.15, -0.1) is 0 Å². The SMILES string of the molecule is CC(C(=O)N1C2CCC1Cn1c(nc3ccccc3c1=O)C2)N1CCCC1=O. The minimum atomic E-state index is -0.442. The van der Waals surface area contributed by atoms with Crippen molar-refractivity contribution in [1.29, 1.82) is 0 Å². The standard InChI is InChI=1S/C21H24N4O3/c1-13(23-10-4-7-19(23)26)20(27)25-14-8-9-15(25)12-24-18(11-14)22-17-6-3-2-5-16(17)21(24)28/h2-3,5-6,13-15H,4,7-12H2,1H3. The lowest BCUT2D eigenvalue weighted by molar-refractivity contribution is -0.145. The van der Waals surface area contributed by atoms with E-state index in [1.807, 2.05) is 36.1 Å². The molecule has 146 valence electrons. The van der Waals surface area contributed by atoms with Gasteiger partial charge in [-0.05, 0) is 38.3 Å². The van der Waals surface area contributed by atoms with Crippen LogP contribution in [0.3, 0.4) is 0 Å². The van der Waals surface area contributed by atoms with E-state index in [2.05, 4.69) is 0 Å². The summed E-state index contributed by atoms with van der Waals surface area (Å²) in [5.41, 5.74) is 0.689. The van der Waals surface area contributed by atoms with Crippen molar-refractivity contribution in [3.8, 4) is 0 Å². The number of carbonyl (C=O) groups is 2. The summed E-state index contributed by atoms with van der Waals surface area (Å²) in [4.78, 5) is 46.9. The van der Waals surface area contributed by atoms with Gasteiger partial charge in [-0.25, -0.2) is 4.98 Å². The number of aromatic nitrogens is 2. The monoisotopic (exact) mass is 380 g/mol. The average molecular weight is 380 g/mol. The number of hydrogen-bond donors (Lipinski definition) is 0. The molecule has 7 nitrogen and oxygen atoms in total. The first-order chi connectivity index (χ1) is 13.5. The predicted octanol–water partition coefficient (Wildman–Crippen LogP) is 1.32. The first-order valence-electron chi connectivity index (χ1n) is 10.1. The number of fused-ring (bicyclic) bond motifs is 4. The summed E-state index contributed by atoms with van der Waals surface area (Å²) in [5, 5.41) is 0.623. The molecule has 3 aliphatic heterocycles. The quantitative estimate of drug-likeness (QED) is 0.788. The molecule has 2 saturated heterocycles. The minimum Gasteiger partial charge on any atom is -0.333 e. The molecule has 0 saturated carbocycles. The molecule has 1 aromatic carbocycles. The number of carbonyl (C=O) groups excluding carboxylic acids is 2. The molecule has 0 spiro atoms. The normalized spacial score (nSPS) is 25.1. The Morgan fingerprint density at radius 3 is 2.75 bits per heavy atom. The minimum absolute atomic E-state index is 0.00756. The Kier molecular flexibility index (Phi) is 4.00. The van der Waals surface area contributed by atoms with Crippen molar-refractivity contribution >= 4 is 22.7 Å². The molecule has 5 rings (SSSR count). The highest BCUT2D eigenvalue weighted by Crippen LogP contribution is 2.32. The molecule has 3 aliphatic rings. The Bertz CT molecular complexity index is 1030. The maximum absolute atomic E-state index is 13.3. The van der Waals surface area contributed by atoms with Crippen LogP contribution in [0.4, 0.5) is 0 Å². The van der Waals surface area contributed by atoms with Gasteiger partial charge in [-0.3, -0.25) is 19.0 Å². The van der Waals surface area contributed by atoms with E-state index in [4.69, 9.17) is 4.98 Å². The van der Waals surface area contributed by atoms with Crippen molar-refractivity contribution < 1.29 is 9.59 Å². The lowest BCUT2D eigenvalue weighted by Crippen LogP contribution is -2.52. The van der Waals surface area contributed by atoms with Crippen LogP contribution in [0.15, 0.2) is 29.1 Å². The highest BCUT2D eigenvalue weighted by atomic mass is 16.2. The van der Waals surface area contributed by atoms with Crippen molar-refractivity contribution in [2.45, 2.75) is 63.7 Å². The molecule has 3 unspecified atom stereocenters. The first kappa shape index (κ1) is 17.4. The Morgan fingerprint density at radius 2 is 1.96 bits per heavy atom. The Labute approximate surface area is 162 Å². The fourth-order valence-electron chi connectivity index (χ4n) is 5.11. The zero-order valence-electron chi connectivity index (χ0n) is 16.0. The topological polar surface area (TPSA) is 75.5 Å². The van der Waals surface area contributed by atoms with Gasteiger partial charge in [0.2, 0.25) is 11.8 Å². The fourth-order valence-corrected chi connectivity index (χ4v) is 5.11. The molecule has 3 atom stereocenters. The van der Waals surface area contributed by atoms with E-state index in [0.29, 0.717) is 36.8 Å². The van der Waals surface area contributed by atoms with Crippen molar-refractivity contribution in [3.05, 3.63) is 40.4 Å². The van der Waals surface area contributed by atoms with E-state index in [1.54, 1.807) is 9.47 Å².